The quantitative estimate of drug-likeness (QED) is 0.847. The van der Waals surface area contributed by atoms with Crippen LogP contribution in [0, 0.1) is 5.92 Å². The van der Waals surface area contributed by atoms with Gasteiger partial charge < -0.3 is 15.4 Å². The molecule has 0 aliphatic heterocycles. The van der Waals surface area contributed by atoms with Crippen LogP contribution in [0.25, 0.3) is 0 Å². The maximum absolute atomic E-state index is 12.5. The van der Waals surface area contributed by atoms with Crippen molar-refractivity contribution >= 4 is 11.8 Å². The predicted molar refractivity (Wildman–Crippen MR) is 89.5 cm³/mol. The molecule has 0 unspecified atom stereocenters. The molecule has 0 heterocycles. The number of para-hydroxylation sites is 1. The molecule has 1 saturated carbocycles. The minimum Gasteiger partial charge on any atom is -0.496 e. The van der Waals surface area contributed by atoms with Crippen molar-refractivity contribution in [3.63, 3.8) is 0 Å². The van der Waals surface area contributed by atoms with Crippen LogP contribution in [0.5, 0.6) is 5.75 Å². The molecule has 126 valence electrons. The Morgan fingerprint density at radius 1 is 1.17 bits per heavy atom. The minimum atomic E-state index is -0.548. The van der Waals surface area contributed by atoms with Crippen LogP contribution in [0.15, 0.2) is 24.3 Å². The van der Waals surface area contributed by atoms with E-state index in [4.69, 9.17) is 4.74 Å². The maximum Gasteiger partial charge on any atom is 0.255 e. The summed E-state index contributed by atoms with van der Waals surface area (Å²) in [7, 11) is 1.53. The van der Waals surface area contributed by atoms with E-state index < -0.39 is 6.04 Å². The van der Waals surface area contributed by atoms with Crippen molar-refractivity contribution in [1.29, 1.82) is 0 Å². The van der Waals surface area contributed by atoms with Crippen molar-refractivity contribution in [3.05, 3.63) is 29.8 Å². The Morgan fingerprint density at radius 2 is 1.83 bits per heavy atom. The van der Waals surface area contributed by atoms with E-state index in [1.807, 2.05) is 19.9 Å². The number of methoxy groups -OCH3 is 1. The molecular formula is C18H26N2O3. The van der Waals surface area contributed by atoms with Crippen molar-refractivity contribution in [2.75, 3.05) is 7.11 Å². The summed E-state index contributed by atoms with van der Waals surface area (Å²) in [6.45, 7) is 3.86. The Bertz CT molecular complexity index is 551. The van der Waals surface area contributed by atoms with Crippen molar-refractivity contribution < 1.29 is 14.3 Å². The van der Waals surface area contributed by atoms with Gasteiger partial charge in [-0.1, -0.05) is 38.8 Å². The number of carbonyl (C=O) groups is 2. The number of amides is 2. The van der Waals surface area contributed by atoms with Crippen molar-refractivity contribution in [1.82, 2.24) is 10.6 Å². The van der Waals surface area contributed by atoms with Gasteiger partial charge in [-0.15, -0.1) is 0 Å². The lowest BCUT2D eigenvalue weighted by atomic mass is 10.0. The van der Waals surface area contributed by atoms with Gasteiger partial charge in [0.05, 0.1) is 12.7 Å². The molecule has 1 atom stereocenters. The molecule has 0 spiro atoms. The summed E-state index contributed by atoms with van der Waals surface area (Å²) in [5.41, 5.74) is 0.439. The lowest BCUT2D eigenvalue weighted by Crippen LogP contribution is -2.51. The van der Waals surface area contributed by atoms with Crippen molar-refractivity contribution in [2.24, 2.45) is 5.92 Å². The lowest BCUT2D eigenvalue weighted by molar-refractivity contribution is -0.124. The molecule has 2 amide bonds. The van der Waals surface area contributed by atoms with Crippen molar-refractivity contribution in [2.45, 2.75) is 51.6 Å². The van der Waals surface area contributed by atoms with E-state index in [0.29, 0.717) is 11.3 Å². The Labute approximate surface area is 137 Å². The number of nitrogens with one attached hydrogen (secondary N) is 2. The topological polar surface area (TPSA) is 67.4 Å². The maximum atomic E-state index is 12.5. The second kappa shape index (κ2) is 7.99. The van der Waals surface area contributed by atoms with Gasteiger partial charge in [0.1, 0.15) is 11.8 Å². The Balaban J connectivity index is 2.06. The van der Waals surface area contributed by atoms with Crippen LogP contribution in [-0.4, -0.2) is 31.0 Å². The average Bonchev–Trinajstić information content (AvgIpc) is 3.04. The van der Waals surface area contributed by atoms with Crippen LogP contribution in [0.3, 0.4) is 0 Å². The van der Waals surface area contributed by atoms with Gasteiger partial charge in [0.2, 0.25) is 5.91 Å². The highest BCUT2D eigenvalue weighted by Crippen LogP contribution is 2.19. The Kier molecular flexibility index (Phi) is 6.02. The lowest BCUT2D eigenvalue weighted by Gasteiger charge is -2.24. The first-order valence-corrected chi connectivity index (χ1v) is 8.27. The number of hydrogen-bond donors (Lipinski definition) is 2. The van der Waals surface area contributed by atoms with Gasteiger partial charge in [0, 0.05) is 6.04 Å². The standard InChI is InChI=1S/C18H26N2O3/c1-12(2)16(18(22)19-13-8-4-5-9-13)20-17(21)14-10-6-7-11-15(14)23-3/h6-7,10-13,16H,4-5,8-9H2,1-3H3,(H,19,22)(H,20,21)/t16-/m0/s1. The molecule has 23 heavy (non-hydrogen) atoms. The van der Waals surface area contributed by atoms with Crippen LogP contribution in [0.1, 0.15) is 49.9 Å². The molecule has 0 bridgehead atoms. The van der Waals surface area contributed by atoms with Gasteiger partial charge >= 0.3 is 0 Å². The summed E-state index contributed by atoms with van der Waals surface area (Å²) >= 11 is 0. The molecule has 0 aromatic heterocycles. The summed E-state index contributed by atoms with van der Waals surface area (Å²) < 4.78 is 5.22. The summed E-state index contributed by atoms with van der Waals surface area (Å²) in [5, 5.41) is 5.91. The fourth-order valence-electron chi connectivity index (χ4n) is 2.95. The van der Waals surface area contributed by atoms with Crippen molar-refractivity contribution in [3.8, 4) is 5.75 Å². The second-order valence-electron chi connectivity index (χ2n) is 6.39. The van der Waals surface area contributed by atoms with Gasteiger partial charge in [0.25, 0.3) is 5.91 Å². The van der Waals surface area contributed by atoms with E-state index in [1.165, 1.54) is 7.11 Å². The van der Waals surface area contributed by atoms with Crippen LogP contribution in [0.2, 0.25) is 0 Å². The van der Waals surface area contributed by atoms with Gasteiger partial charge in [-0.3, -0.25) is 9.59 Å². The molecular weight excluding hydrogens is 292 g/mol. The molecule has 5 nitrogen and oxygen atoms in total. The number of hydrogen-bond acceptors (Lipinski definition) is 3. The number of carbonyl (C=O) groups excluding carboxylic acids is 2. The molecule has 2 rings (SSSR count). The highest BCUT2D eigenvalue weighted by atomic mass is 16.5. The summed E-state index contributed by atoms with van der Waals surface area (Å²) in [5.74, 6) is 0.122. The molecule has 0 saturated heterocycles. The van der Waals surface area contributed by atoms with Crippen LogP contribution in [0.4, 0.5) is 0 Å². The first-order chi connectivity index (χ1) is 11.0. The van der Waals surface area contributed by atoms with Gasteiger partial charge in [-0.2, -0.15) is 0 Å². The molecule has 1 aliphatic rings. The second-order valence-corrected chi connectivity index (χ2v) is 6.39. The van der Waals surface area contributed by atoms with Crippen LogP contribution in [-0.2, 0) is 4.79 Å². The number of ether oxygens (including phenoxy) is 1. The summed E-state index contributed by atoms with van der Waals surface area (Å²) in [6, 6.07) is 6.71. The fraction of sp³-hybridized carbons (Fsp3) is 0.556. The van der Waals surface area contributed by atoms with Gasteiger partial charge in [-0.05, 0) is 30.9 Å². The zero-order valence-corrected chi connectivity index (χ0v) is 14.1. The molecule has 0 radical (unpaired) electrons. The minimum absolute atomic E-state index is 0.00932. The van der Waals surface area contributed by atoms with E-state index in [-0.39, 0.29) is 23.8 Å². The van der Waals surface area contributed by atoms with Crippen LogP contribution >= 0.6 is 0 Å². The Hall–Kier alpha value is -2.04. The third-order valence-electron chi connectivity index (χ3n) is 4.29. The van der Waals surface area contributed by atoms with Gasteiger partial charge in [-0.25, -0.2) is 0 Å². The van der Waals surface area contributed by atoms with Crippen LogP contribution < -0.4 is 15.4 Å². The van der Waals surface area contributed by atoms with Gasteiger partial charge in [0.15, 0.2) is 0 Å². The third kappa shape index (κ3) is 4.47. The van der Waals surface area contributed by atoms with E-state index in [9.17, 15) is 9.59 Å². The van der Waals surface area contributed by atoms with E-state index >= 15 is 0 Å². The molecule has 1 aromatic rings. The zero-order valence-electron chi connectivity index (χ0n) is 14.1. The van der Waals surface area contributed by atoms with E-state index in [1.54, 1.807) is 18.2 Å². The SMILES string of the molecule is COc1ccccc1C(=O)N[C@H](C(=O)NC1CCCC1)C(C)C. The average molecular weight is 318 g/mol. The molecule has 1 fully saturated rings. The summed E-state index contributed by atoms with van der Waals surface area (Å²) in [4.78, 5) is 25.0. The van der Waals surface area contributed by atoms with E-state index in [0.717, 1.165) is 25.7 Å². The zero-order chi connectivity index (χ0) is 16.8. The molecule has 2 N–H and O–H groups in total. The molecule has 1 aromatic carbocycles. The molecule has 1 aliphatic carbocycles. The fourth-order valence-corrected chi connectivity index (χ4v) is 2.95. The monoisotopic (exact) mass is 318 g/mol. The highest BCUT2D eigenvalue weighted by Gasteiger charge is 2.28. The third-order valence-corrected chi connectivity index (χ3v) is 4.29. The first-order valence-electron chi connectivity index (χ1n) is 8.27. The largest absolute Gasteiger partial charge is 0.496 e. The highest BCUT2D eigenvalue weighted by molar-refractivity contribution is 5.99. The number of benzene rings is 1. The smallest absolute Gasteiger partial charge is 0.255 e. The Morgan fingerprint density at radius 3 is 2.43 bits per heavy atom. The number of rotatable bonds is 6. The van der Waals surface area contributed by atoms with E-state index in [2.05, 4.69) is 10.6 Å². The normalized spacial score (nSPS) is 16.2. The predicted octanol–water partition coefficient (Wildman–Crippen LogP) is 2.51. The first kappa shape index (κ1) is 17.3. The summed E-state index contributed by atoms with van der Waals surface area (Å²) in [6.07, 6.45) is 4.36. The molecule has 5 heteroatoms.